The summed E-state index contributed by atoms with van der Waals surface area (Å²) in [6, 6.07) is 4.66. The zero-order chi connectivity index (χ0) is 24.5. The first kappa shape index (κ1) is 23.5. The standard InChI is InChI=1S/C25H28N4O5S/c1-2-22-26-12-20(35-22)25(33)28-10-4-3-5-16(28)14-34-17-6-7-18-15(11-17)13-29(24(18)32)19-8-9-21(30)27-23(19)31/h6-7,11-12,16,19H,2-5,8-10,13-14H2,1H3,(H,27,30,31)/t16-,19?/m1/s1. The van der Waals surface area contributed by atoms with Crippen molar-refractivity contribution >= 4 is 35.0 Å². The van der Waals surface area contributed by atoms with Crippen LogP contribution in [0.5, 0.6) is 5.75 Å². The molecule has 35 heavy (non-hydrogen) atoms. The average molecular weight is 497 g/mol. The molecule has 0 radical (unpaired) electrons. The number of amides is 4. The summed E-state index contributed by atoms with van der Waals surface area (Å²) >= 11 is 1.45. The van der Waals surface area contributed by atoms with Crippen LogP contribution in [0, 0.1) is 0 Å². The molecule has 184 valence electrons. The molecule has 0 bridgehead atoms. The lowest BCUT2D eigenvalue weighted by atomic mass is 10.0. The van der Waals surface area contributed by atoms with Crippen molar-refractivity contribution in [2.45, 2.75) is 64.1 Å². The third-order valence-corrected chi connectivity index (χ3v) is 8.02. The highest BCUT2D eigenvalue weighted by molar-refractivity contribution is 7.13. The van der Waals surface area contributed by atoms with Crippen molar-refractivity contribution < 1.29 is 23.9 Å². The van der Waals surface area contributed by atoms with Crippen molar-refractivity contribution in [1.82, 2.24) is 20.1 Å². The van der Waals surface area contributed by atoms with Crippen molar-refractivity contribution in [3.8, 4) is 5.75 Å². The van der Waals surface area contributed by atoms with Gasteiger partial charge in [0, 0.05) is 25.1 Å². The topological polar surface area (TPSA) is 109 Å². The Bertz CT molecular complexity index is 1180. The Morgan fingerprint density at radius 2 is 2.09 bits per heavy atom. The van der Waals surface area contributed by atoms with Crippen LogP contribution in [-0.4, -0.2) is 63.6 Å². The first-order valence-corrected chi connectivity index (χ1v) is 12.9. The molecule has 4 amide bonds. The van der Waals surface area contributed by atoms with Gasteiger partial charge in [-0.25, -0.2) is 4.98 Å². The molecular weight excluding hydrogens is 468 g/mol. The monoisotopic (exact) mass is 496 g/mol. The normalized spacial score (nSPS) is 22.3. The quantitative estimate of drug-likeness (QED) is 0.616. The third-order valence-electron chi connectivity index (χ3n) is 6.89. The molecule has 2 aromatic rings. The SMILES string of the molecule is CCc1ncc(C(=O)N2CCCC[C@@H]2COc2ccc3c(c2)CN(C2CCC(=O)NC2=O)C3=O)s1. The lowest BCUT2D eigenvalue weighted by Gasteiger charge is -2.35. The third kappa shape index (κ3) is 4.67. The molecule has 0 aliphatic carbocycles. The maximum atomic E-state index is 13.1. The van der Waals surface area contributed by atoms with Gasteiger partial charge in [-0.2, -0.15) is 0 Å². The highest BCUT2D eigenvalue weighted by Crippen LogP contribution is 2.31. The molecule has 0 saturated carbocycles. The molecule has 9 nitrogen and oxygen atoms in total. The summed E-state index contributed by atoms with van der Waals surface area (Å²) in [7, 11) is 0. The number of hydrogen-bond donors (Lipinski definition) is 1. The highest BCUT2D eigenvalue weighted by atomic mass is 32.1. The smallest absolute Gasteiger partial charge is 0.265 e. The molecule has 2 saturated heterocycles. The number of carbonyl (C=O) groups excluding carboxylic acids is 4. The van der Waals surface area contributed by atoms with Crippen molar-refractivity contribution in [2.75, 3.05) is 13.2 Å². The number of hydrogen-bond acceptors (Lipinski definition) is 7. The predicted molar refractivity (Wildman–Crippen MR) is 128 cm³/mol. The maximum Gasteiger partial charge on any atom is 0.265 e. The highest BCUT2D eigenvalue weighted by Gasteiger charge is 2.39. The second-order valence-corrected chi connectivity index (χ2v) is 10.3. The van der Waals surface area contributed by atoms with E-state index in [4.69, 9.17) is 4.74 Å². The molecule has 1 aromatic carbocycles. The van der Waals surface area contributed by atoms with E-state index in [0.29, 0.717) is 42.3 Å². The number of benzene rings is 1. The summed E-state index contributed by atoms with van der Waals surface area (Å²) in [5.74, 6) is -0.294. The molecule has 1 unspecified atom stereocenters. The molecule has 1 aromatic heterocycles. The fourth-order valence-corrected chi connectivity index (χ4v) is 5.80. The number of aromatic nitrogens is 1. The minimum atomic E-state index is -0.640. The minimum absolute atomic E-state index is 0.00920. The number of aryl methyl sites for hydroxylation is 1. The van der Waals surface area contributed by atoms with Gasteiger partial charge in [-0.05, 0) is 55.9 Å². The lowest BCUT2D eigenvalue weighted by molar-refractivity contribution is -0.136. The van der Waals surface area contributed by atoms with E-state index in [9.17, 15) is 19.2 Å². The van der Waals surface area contributed by atoms with Crippen molar-refractivity contribution in [3.05, 3.63) is 45.4 Å². The van der Waals surface area contributed by atoms with Gasteiger partial charge in [-0.3, -0.25) is 24.5 Å². The predicted octanol–water partition coefficient (Wildman–Crippen LogP) is 2.54. The van der Waals surface area contributed by atoms with Crippen LogP contribution in [0.2, 0.25) is 0 Å². The first-order valence-electron chi connectivity index (χ1n) is 12.1. The van der Waals surface area contributed by atoms with E-state index in [1.54, 1.807) is 18.3 Å². The fraction of sp³-hybridized carbons (Fsp3) is 0.480. The maximum absolute atomic E-state index is 13.1. The van der Waals surface area contributed by atoms with E-state index >= 15 is 0 Å². The van der Waals surface area contributed by atoms with E-state index in [0.717, 1.165) is 36.3 Å². The zero-order valence-corrected chi connectivity index (χ0v) is 20.4. The summed E-state index contributed by atoms with van der Waals surface area (Å²) in [5.41, 5.74) is 1.35. The van der Waals surface area contributed by atoms with Crippen molar-refractivity contribution in [1.29, 1.82) is 0 Å². The van der Waals surface area contributed by atoms with Gasteiger partial charge in [-0.15, -0.1) is 11.3 Å². The van der Waals surface area contributed by atoms with Crippen molar-refractivity contribution in [3.63, 3.8) is 0 Å². The van der Waals surface area contributed by atoms with Crippen LogP contribution in [0.15, 0.2) is 24.4 Å². The number of rotatable bonds is 6. The van der Waals surface area contributed by atoms with Gasteiger partial charge >= 0.3 is 0 Å². The summed E-state index contributed by atoms with van der Waals surface area (Å²) < 4.78 is 6.10. The van der Waals surface area contributed by atoms with E-state index in [2.05, 4.69) is 10.3 Å². The Labute approximate surface area is 207 Å². The second-order valence-electron chi connectivity index (χ2n) is 9.15. The molecule has 4 heterocycles. The Morgan fingerprint density at radius 1 is 1.23 bits per heavy atom. The molecule has 3 aliphatic rings. The Balaban J connectivity index is 1.24. The van der Waals surface area contributed by atoms with Gasteiger partial charge in [0.15, 0.2) is 0 Å². The Kier molecular flexibility index (Phi) is 6.55. The van der Waals surface area contributed by atoms with Gasteiger partial charge < -0.3 is 14.5 Å². The summed E-state index contributed by atoms with van der Waals surface area (Å²) in [5, 5.41) is 3.28. The summed E-state index contributed by atoms with van der Waals surface area (Å²) in [6.07, 6.45) is 5.93. The van der Waals surface area contributed by atoms with Gasteiger partial charge in [-0.1, -0.05) is 6.92 Å². The number of imide groups is 1. The van der Waals surface area contributed by atoms with E-state index in [-0.39, 0.29) is 30.2 Å². The Hall–Kier alpha value is -3.27. The number of likely N-dealkylation sites (tertiary alicyclic amines) is 1. The lowest BCUT2D eigenvalue weighted by Crippen LogP contribution is -2.52. The molecule has 2 atom stereocenters. The summed E-state index contributed by atoms with van der Waals surface area (Å²) in [4.78, 5) is 58.1. The fourth-order valence-electron chi connectivity index (χ4n) is 4.99. The van der Waals surface area contributed by atoms with Crippen LogP contribution in [-0.2, 0) is 22.6 Å². The number of ether oxygens (including phenoxy) is 1. The number of nitrogens with zero attached hydrogens (tertiary/aromatic N) is 3. The van der Waals surface area contributed by atoms with E-state index in [1.807, 2.05) is 17.9 Å². The number of thiazole rings is 1. The number of carbonyl (C=O) groups is 4. The van der Waals surface area contributed by atoms with Crippen LogP contribution in [0.3, 0.4) is 0 Å². The average Bonchev–Trinajstić information content (AvgIpc) is 3.47. The van der Waals surface area contributed by atoms with Gasteiger partial charge in [0.05, 0.1) is 17.2 Å². The number of fused-ring (bicyclic) bond motifs is 1. The van der Waals surface area contributed by atoms with Crippen LogP contribution >= 0.6 is 11.3 Å². The largest absolute Gasteiger partial charge is 0.491 e. The van der Waals surface area contributed by atoms with Gasteiger partial charge in [0.1, 0.15) is 23.3 Å². The second kappa shape index (κ2) is 9.77. The molecular formula is C25H28N4O5S. The number of nitrogens with one attached hydrogen (secondary N) is 1. The van der Waals surface area contributed by atoms with E-state index < -0.39 is 11.9 Å². The first-order chi connectivity index (χ1) is 16.9. The van der Waals surface area contributed by atoms with Gasteiger partial charge in [0.25, 0.3) is 11.8 Å². The van der Waals surface area contributed by atoms with Crippen molar-refractivity contribution in [2.24, 2.45) is 0 Å². The molecule has 2 fully saturated rings. The molecule has 1 N–H and O–H groups in total. The Morgan fingerprint density at radius 3 is 2.86 bits per heavy atom. The minimum Gasteiger partial charge on any atom is -0.491 e. The molecule has 3 aliphatic heterocycles. The zero-order valence-electron chi connectivity index (χ0n) is 19.6. The van der Waals surface area contributed by atoms with E-state index in [1.165, 1.54) is 16.2 Å². The molecule has 0 spiro atoms. The molecule has 5 rings (SSSR count). The molecule has 10 heteroatoms. The van der Waals surface area contributed by atoms with Crippen LogP contribution in [0.25, 0.3) is 0 Å². The van der Waals surface area contributed by atoms with Gasteiger partial charge in [0.2, 0.25) is 11.8 Å². The summed E-state index contributed by atoms with van der Waals surface area (Å²) in [6.45, 7) is 3.40. The number of piperidine rings is 2. The van der Waals surface area contributed by atoms with Crippen LogP contribution in [0.4, 0.5) is 0 Å². The van der Waals surface area contributed by atoms with Crippen LogP contribution in [0.1, 0.15) is 69.6 Å². The van der Waals surface area contributed by atoms with Crippen LogP contribution < -0.4 is 10.1 Å².